The minimum Gasteiger partial charge on any atom is -0.350 e. The lowest BCUT2D eigenvalue weighted by molar-refractivity contribution is -0.0856. The number of sulfonamides is 1. The van der Waals surface area contributed by atoms with Crippen LogP contribution in [0.15, 0.2) is 18.2 Å². The Morgan fingerprint density at radius 2 is 1.71 bits per heavy atom. The molecule has 2 fully saturated rings. The predicted octanol–water partition coefficient (Wildman–Crippen LogP) is 4.10. The number of piperazine rings is 1. The second-order valence-corrected chi connectivity index (χ2v) is 11.8. The molecule has 1 aromatic carbocycles. The number of nitrogens with zero attached hydrogens (tertiary/aromatic N) is 2. The van der Waals surface area contributed by atoms with Crippen LogP contribution in [0.5, 0.6) is 0 Å². The molecular formula is C22H30ClF4N3O3S. The number of alkyl halides is 4. The molecule has 1 aliphatic heterocycles. The zero-order chi connectivity index (χ0) is 25.4. The van der Waals surface area contributed by atoms with Crippen molar-refractivity contribution in [1.82, 2.24) is 14.5 Å². The standard InChI is InChI=1S/C22H30ClF4N3O3S/c1-3-34(32,33)30-12-10-29(11-13-30)21(6-8-22(26,27)9-7-21)15-28-19(31)17-5-4-16(14-18(17)23)20(2,24)25/h4-5,14H,3,6-13,15H2,1-2H3,(H,28,31). The zero-order valence-corrected chi connectivity index (χ0v) is 20.8. The highest BCUT2D eigenvalue weighted by Gasteiger charge is 2.47. The molecule has 0 atom stereocenters. The number of benzene rings is 1. The molecule has 0 bridgehead atoms. The zero-order valence-electron chi connectivity index (χ0n) is 19.2. The van der Waals surface area contributed by atoms with Gasteiger partial charge in [0.15, 0.2) is 0 Å². The summed E-state index contributed by atoms with van der Waals surface area (Å²) in [5, 5.41) is 2.63. The van der Waals surface area contributed by atoms with Crippen molar-refractivity contribution in [1.29, 1.82) is 0 Å². The van der Waals surface area contributed by atoms with E-state index in [1.807, 2.05) is 4.90 Å². The fourth-order valence-electron chi connectivity index (χ4n) is 4.62. The van der Waals surface area contributed by atoms with Crippen molar-refractivity contribution >= 4 is 27.5 Å². The first kappa shape index (κ1) is 27.2. The minimum atomic E-state index is -3.35. The van der Waals surface area contributed by atoms with Crippen LogP contribution in [0.25, 0.3) is 0 Å². The van der Waals surface area contributed by atoms with Crippen LogP contribution < -0.4 is 5.32 Å². The molecule has 12 heteroatoms. The van der Waals surface area contributed by atoms with Gasteiger partial charge in [-0.15, -0.1) is 0 Å². The number of nitrogens with one attached hydrogen (secondary N) is 1. The van der Waals surface area contributed by atoms with Gasteiger partial charge in [-0.1, -0.05) is 17.7 Å². The Bertz CT molecular complexity index is 999. The van der Waals surface area contributed by atoms with E-state index in [0.717, 1.165) is 19.1 Å². The van der Waals surface area contributed by atoms with Gasteiger partial charge in [0.25, 0.3) is 11.8 Å². The highest BCUT2D eigenvalue weighted by Crippen LogP contribution is 2.42. The lowest BCUT2D eigenvalue weighted by atomic mass is 9.78. The fraction of sp³-hybridized carbons (Fsp3) is 0.682. The summed E-state index contributed by atoms with van der Waals surface area (Å²) in [6.45, 7) is 3.59. The van der Waals surface area contributed by atoms with E-state index in [0.29, 0.717) is 13.1 Å². The van der Waals surface area contributed by atoms with E-state index in [9.17, 15) is 30.8 Å². The molecule has 1 aliphatic carbocycles. The number of hydrogen-bond acceptors (Lipinski definition) is 4. The van der Waals surface area contributed by atoms with E-state index in [2.05, 4.69) is 5.32 Å². The molecule has 34 heavy (non-hydrogen) atoms. The number of amides is 1. The van der Waals surface area contributed by atoms with Crippen LogP contribution in [-0.4, -0.2) is 73.5 Å². The Morgan fingerprint density at radius 1 is 1.12 bits per heavy atom. The molecule has 0 unspecified atom stereocenters. The van der Waals surface area contributed by atoms with Gasteiger partial charge in [0.2, 0.25) is 15.9 Å². The minimum absolute atomic E-state index is 0.00998. The third-order valence-electron chi connectivity index (χ3n) is 6.88. The predicted molar refractivity (Wildman–Crippen MR) is 122 cm³/mol. The van der Waals surface area contributed by atoms with E-state index in [4.69, 9.17) is 11.6 Å². The molecule has 1 N–H and O–H groups in total. The van der Waals surface area contributed by atoms with Crippen LogP contribution in [-0.2, 0) is 15.9 Å². The molecule has 1 aromatic rings. The van der Waals surface area contributed by atoms with Crippen LogP contribution in [0.3, 0.4) is 0 Å². The summed E-state index contributed by atoms with van der Waals surface area (Å²) in [6.07, 6.45) is -0.403. The largest absolute Gasteiger partial charge is 0.350 e. The fourth-order valence-corrected chi connectivity index (χ4v) is 5.97. The molecule has 0 spiro atoms. The van der Waals surface area contributed by atoms with Crippen molar-refractivity contribution < 1.29 is 30.8 Å². The number of carbonyl (C=O) groups is 1. The van der Waals surface area contributed by atoms with Gasteiger partial charge in [0, 0.05) is 63.6 Å². The summed E-state index contributed by atoms with van der Waals surface area (Å²) < 4.78 is 80.8. The Labute approximate surface area is 202 Å². The van der Waals surface area contributed by atoms with E-state index in [1.165, 1.54) is 10.4 Å². The summed E-state index contributed by atoms with van der Waals surface area (Å²) in [7, 11) is -3.35. The Hall–Kier alpha value is -1.43. The quantitative estimate of drug-likeness (QED) is 0.542. The summed E-state index contributed by atoms with van der Waals surface area (Å²) in [6, 6.07) is 3.40. The smallest absolute Gasteiger partial charge is 0.270 e. The molecule has 1 heterocycles. The third kappa shape index (κ3) is 6.03. The van der Waals surface area contributed by atoms with Crippen LogP contribution >= 0.6 is 11.6 Å². The molecular weight excluding hydrogens is 498 g/mol. The summed E-state index contributed by atoms with van der Waals surface area (Å²) in [5.74, 6) is -6.49. The van der Waals surface area contributed by atoms with Gasteiger partial charge < -0.3 is 5.32 Å². The average molecular weight is 528 g/mol. The molecule has 1 saturated heterocycles. The van der Waals surface area contributed by atoms with Crippen molar-refractivity contribution in [2.75, 3.05) is 38.5 Å². The normalized spacial score (nSPS) is 21.9. The molecule has 6 nitrogen and oxygen atoms in total. The van der Waals surface area contributed by atoms with Gasteiger partial charge in [-0.25, -0.2) is 26.0 Å². The lowest BCUT2D eigenvalue weighted by Gasteiger charge is -2.50. The lowest BCUT2D eigenvalue weighted by Crippen LogP contribution is -2.63. The van der Waals surface area contributed by atoms with E-state index >= 15 is 0 Å². The van der Waals surface area contributed by atoms with E-state index < -0.39 is 33.3 Å². The van der Waals surface area contributed by atoms with Gasteiger partial charge in [-0.2, -0.15) is 4.31 Å². The van der Waals surface area contributed by atoms with Gasteiger partial charge in [-0.3, -0.25) is 9.69 Å². The average Bonchev–Trinajstić information content (AvgIpc) is 2.78. The number of halogens is 5. The van der Waals surface area contributed by atoms with Crippen LogP contribution in [0.4, 0.5) is 17.6 Å². The number of carbonyl (C=O) groups excluding carboxylic acids is 1. The topological polar surface area (TPSA) is 69.7 Å². The molecule has 192 valence electrons. The van der Waals surface area contributed by atoms with Crippen molar-refractivity contribution in [3.05, 3.63) is 34.3 Å². The second-order valence-electron chi connectivity index (χ2n) is 9.13. The van der Waals surface area contributed by atoms with Crippen molar-refractivity contribution in [2.24, 2.45) is 0 Å². The molecule has 0 aromatic heterocycles. The van der Waals surface area contributed by atoms with Crippen LogP contribution in [0.1, 0.15) is 55.5 Å². The summed E-state index contributed by atoms with van der Waals surface area (Å²) in [5.41, 5.74) is -1.06. The maximum Gasteiger partial charge on any atom is 0.270 e. The summed E-state index contributed by atoms with van der Waals surface area (Å²) in [4.78, 5) is 14.8. The maximum absolute atomic E-state index is 14.0. The van der Waals surface area contributed by atoms with Crippen molar-refractivity contribution in [3.63, 3.8) is 0 Å². The molecule has 2 aliphatic rings. The summed E-state index contributed by atoms with van der Waals surface area (Å²) >= 11 is 6.08. The maximum atomic E-state index is 14.0. The SMILES string of the molecule is CCS(=O)(=O)N1CCN(C2(CNC(=O)c3ccc(C(C)(F)F)cc3Cl)CCC(F)(F)CC2)CC1. The van der Waals surface area contributed by atoms with Gasteiger partial charge in [-0.05, 0) is 31.9 Å². The molecule has 1 amide bonds. The highest BCUT2D eigenvalue weighted by molar-refractivity contribution is 7.89. The van der Waals surface area contributed by atoms with E-state index in [-0.39, 0.29) is 67.2 Å². The molecule has 1 saturated carbocycles. The van der Waals surface area contributed by atoms with Gasteiger partial charge in [0.1, 0.15) is 0 Å². The van der Waals surface area contributed by atoms with Gasteiger partial charge >= 0.3 is 0 Å². The third-order valence-corrected chi connectivity index (χ3v) is 9.07. The Kier molecular flexibility index (Phi) is 7.91. The first-order chi connectivity index (χ1) is 15.7. The Morgan fingerprint density at radius 3 is 2.21 bits per heavy atom. The number of hydrogen-bond donors (Lipinski definition) is 1. The second kappa shape index (κ2) is 9.91. The molecule has 0 radical (unpaired) electrons. The Balaban J connectivity index is 1.74. The van der Waals surface area contributed by atoms with Crippen LogP contribution in [0, 0.1) is 0 Å². The highest BCUT2D eigenvalue weighted by atomic mass is 35.5. The molecule has 3 rings (SSSR count). The van der Waals surface area contributed by atoms with Crippen molar-refractivity contribution in [3.8, 4) is 0 Å². The van der Waals surface area contributed by atoms with Gasteiger partial charge in [0.05, 0.1) is 16.3 Å². The first-order valence-electron chi connectivity index (χ1n) is 11.3. The monoisotopic (exact) mass is 527 g/mol. The number of rotatable bonds is 7. The van der Waals surface area contributed by atoms with Crippen LogP contribution in [0.2, 0.25) is 5.02 Å². The van der Waals surface area contributed by atoms with Crippen molar-refractivity contribution in [2.45, 2.75) is 56.9 Å². The first-order valence-corrected chi connectivity index (χ1v) is 13.2. The van der Waals surface area contributed by atoms with E-state index in [1.54, 1.807) is 6.92 Å².